The van der Waals surface area contributed by atoms with Crippen LogP contribution in [-0.2, 0) is 0 Å². The lowest BCUT2D eigenvalue weighted by atomic mass is 9.96. The topological polar surface area (TPSA) is 43.6 Å². The maximum absolute atomic E-state index is 9.67. The first-order chi connectivity index (χ1) is 31.0. The maximum Gasteiger partial charge on any atom is 0.164 e. The smallest absolute Gasteiger partial charge is 0.164 e. The van der Waals surface area contributed by atoms with Gasteiger partial charge in [-0.15, -0.1) is 0 Å². The number of hydrogen-bond donors (Lipinski definition) is 0. The van der Waals surface area contributed by atoms with Gasteiger partial charge in [-0.25, -0.2) is 15.0 Å². The molecule has 10 rings (SSSR count). The van der Waals surface area contributed by atoms with Crippen LogP contribution in [0.2, 0.25) is 0 Å². The third kappa shape index (κ3) is 6.06. The summed E-state index contributed by atoms with van der Waals surface area (Å²) in [5.41, 5.74) is 5.95. The number of hydrogen-bond acceptors (Lipinski definition) is 3. The van der Waals surface area contributed by atoms with Crippen LogP contribution >= 0.6 is 0 Å². The van der Waals surface area contributed by atoms with Crippen molar-refractivity contribution in [3.63, 3.8) is 0 Å². The highest BCUT2D eigenvalue weighted by Gasteiger charge is 2.19. The summed E-state index contributed by atoms with van der Waals surface area (Å²) in [7, 11) is 0. The summed E-state index contributed by atoms with van der Waals surface area (Å²) in [6, 6.07) is 43.8. The van der Waals surface area contributed by atoms with E-state index in [1.165, 1.54) is 0 Å². The highest BCUT2D eigenvalue weighted by molar-refractivity contribution is 6.10. The van der Waals surface area contributed by atoms with E-state index in [0.29, 0.717) is 34.3 Å². The fraction of sp³-hybridized carbons (Fsp3) is 0. The van der Waals surface area contributed by atoms with Crippen molar-refractivity contribution < 1.29 is 12.3 Å². The molecule has 2 aromatic heterocycles. The summed E-state index contributed by atoms with van der Waals surface area (Å²) >= 11 is 0. The van der Waals surface area contributed by atoms with Gasteiger partial charge in [0.25, 0.3) is 0 Å². The minimum atomic E-state index is -0.633. The van der Waals surface area contributed by atoms with Crippen LogP contribution in [0.25, 0.3) is 95.0 Å². The van der Waals surface area contributed by atoms with Gasteiger partial charge in [0.2, 0.25) is 0 Å². The lowest BCUT2D eigenvalue weighted by molar-refractivity contribution is 1.07. The van der Waals surface area contributed by atoms with Gasteiger partial charge in [-0.05, 0) is 52.1 Å². The van der Waals surface area contributed by atoms with Crippen LogP contribution in [0, 0.1) is 0 Å². The molecule has 0 radical (unpaired) electrons. The molecule has 8 aromatic carbocycles. The van der Waals surface area contributed by atoms with E-state index < -0.39 is 54.4 Å². The molecule has 0 saturated carbocycles. The summed E-state index contributed by atoms with van der Waals surface area (Å²) in [6.07, 6.45) is 0. The predicted molar refractivity (Wildman–Crippen MR) is 227 cm³/mol. The SMILES string of the molecule is [2H]c1c([2H])c([2H])c(-c2c([2H])c([2H])c([2H])c(-c3ccc(-c4nc(-c5ccccc5)nc(-c5ccc(-c6ccccc6)cc5)n4)cc3-n3c4ccccc4c4ccccc43)c2[2H])c([2H])c1[2H]. The molecule has 0 aliphatic carbocycles. The van der Waals surface area contributed by atoms with E-state index in [2.05, 4.69) is 12.1 Å². The van der Waals surface area contributed by atoms with Gasteiger partial charge in [0.1, 0.15) is 0 Å². The van der Waals surface area contributed by atoms with Gasteiger partial charge in [-0.3, -0.25) is 0 Å². The molecule has 258 valence electrons. The zero-order valence-electron chi connectivity index (χ0n) is 38.2. The molecule has 0 aliphatic rings. The van der Waals surface area contributed by atoms with Crippen molar-refractivity contribution in [1.82, 2.24) is 19.5 Å². The number of rotatable bonds is 7. The lowest BCUT2D eigenvalue weighted by Gasteiger charge is -2.17. The summed E-state index contributed by atoms with van der Waals surface area (Å²) in [6.45, 7) is 0. The molecule has 4 heteroatoms. The Hall–Kier alpha value is -7.43. The van der Waals surface area contributed by atoms with Gasteiger partial charge in [0, 0.05) is 33.0 Å². The molecular weight excluding hydrogens is 669 g/mol. The summed E-state index contributed by atoms with van der Waals surface area (Å²) in [5, 5.41) is 1.89. The van der Waals surface area contributed by atoms with Crippen LogP contribution in [-0.4, -0.2) is 19.5 Å². The van der Waals surface area contributed by atoms with E-state index in [-0.39, 0.29) is 16.7 Å². The first kappa shape index (κ1) is 24.0. The third-order valence-corrected chi connectivity index (χ3v) is 9.64. The van der Waals surface area contributed by atoms with Crippen molar-refractivity contribution in [2.45, 2.75) is 0 Å². The zero-order valence-corrected chi connectivity index (χ0v) is 29.2. The highest BCUT2D eigenvalue weighted by Crippen LogP contribution is 2.39. The molecular formula is C51H34N4. The zero-order chi connectivity index (χ0) is 44.4. The second-order valence-corrected chi connectivity index (χ2v) is 13.0. The Labute approximate surface area is 332 Å². The Morgan fingerprint density at radius 2 is 0.836 bits per heavy atom. The molecule has 55 heavy (non-hydrogen) atoms. The van der Waals surface area contributed by atoms with Crippen LogP contribution in [0.4, 0.5) is 0 Å². The third-order valence-electron chi connectivity index (χ3n) is 9.64. The van der Waals surface area contributed by atoms with Gasteiger partial charge in [0.15, 0.2) is 17.5 Å². The van der Waals surface area contributed by atoms with E-state index in [9.17, 15) is 2.74 Å². The molecule has 0 unspecified atom stereocenters. The molecule has 2 heterocycles. The molecule has 0 saturated heterocycles. The Morgan fingerprint density at radius 3 is 1.49 bits per heavy atom. The molecule has 0 spiro atoms. The van der Waals surface area contributed by atoms with Crippen LogP contribution < -0.4 is 0 Å². The molecule has 0 N–H and O–H groups in total. The van der Waals surface area contributed by atoms with Crippen molar-refractivity contribution in [2.75, 3.05) is 0 Å². The molecule has 0 atom stereocenters. The molecule has 4 nitrogen and oxygen atoms in total. The minimum absolute atomic E-state index is 0.0500. The normalized spacial score (nSPS) is 13.6. The standard InChI is InChI=1S/C51H34N4/c1-4-15-35(16-5-1)37-27-29-39(30-28-37)50-52-49(38-19-8-3-9-20-38)53-51(54-50)42-31-32-43(41-22-14-21-40(33-41)36-17-6-2-7-18-36)48(34-42)55-46-25-12-10-23-44(46)45-24-11-13-26-47(45)55/h1-34H/i2D,6D,7D,14D,17D,18D,21D,22D,33D. The first-order valence-corrected chi connectivity index (χ1v) is 17.8. The van der Waals surface area contributed by atoms with Crippen molar-refractivity contribution >= 4 is 21.8 Å². The molecule has 0 amide bonds. The van der Waals surface area contributed by atoms with Crippen molar-refractivity contribution in [1.29, 1.82) is 0 Å². The first-order valence-electron chi connectivity index (χ1n) is 22.3. The van der Waals surface area contributed by atoms with E-state index in [0.717, 1.165) is 44.1 Å². The number of para-hydroxylation sites is 2. The average molecular weight is 712 g/mol. The van der Waals surface area contributed by atoms with Crippen molar-refractivity contribution in [3.05, 3.63) is 206 Å². The Kier molecular flexibility index (Phi) is 6.04. The fourth-order valence-corrected chi connectivity index (χ4v) is 7.02. The number of fused-ring (bicyclic) bond motifs is 3. The summed E-state index contributed by atoms with van der Waals surface area (Å²) in [4.78, 5) is 15.0. The van der Waals surface area contributed by atoms with Crippen LogP contribution in [0.1, 0.15) is 12.3 Å². The van der Waals surface area contributed by atoms with Crippen LogP contribution in [0.5, 0.6) is 0 Å². The average Bonchev–Trinajstić information content (AvgIpc) is 3.68. The Morgan fingerprint density at radius 1 is 0.364 bits per heavy atom. The van der Waals surface area contributed by atoms with Crippen LogP contribution in [0.15, 0.2) is 206 Å². The molecule has 0 aliphatic heterocycles. The maximum atomic E-state index is 9.67. The van der Waals surface area contributed by atoms with Crippen molar-refractivity contribution in [3.8, 4) is 73.2 Å². The highest BCUT2D eigenvalue weighted by atomic mass is 15.0. The Balaban J connectivity index is 1.25. The summed E-state index contributed by atoms with van der Waals surface area (Å²) < 4.78 is 81.5. The molecule has 0 fully saturated rings. The lowest BCUT2D eigenvalue weighted by Crippen LogP contribution is -2.02. The molecule has 0 bridgehead atoms. The quantitative estimate of drug-likeness (QED) is 0.165. The second kappa shape index (κ2) is 13.8. The number of nitrogens with zero attached hydrogens (tertiary/aromatic N) is 4. The monoisotopic (exact) mass is 711 g/mol. The number of aromatic nitrogens is 4. The van der Waals surface area contributed by atoms with Gasteiger partial charge in [-0.1, -0.05) is 182 Å². The van der Waals surface area contributed by atoms with E-state index >= 15 is 0 Å². The van der Waals surface area contributed by atoms with Crippen LogP contribution in [0.3, 0.4) is 0 Å². The Bertz CT molecular complexity index is 3400. The molecule has 10 aromatic rings. The fourth-order valence-electron chi connectivity index (χ4n) is 7.02. The van der Waals surface area contributed by atoms with Gasteiger partial charge in [0.05, 0.1) is 29.1 Å². The van der Waals surface area contributed by atoms with Gasteiger partial charge < -0.3 is 4.57 Å². The summed E-state index contributed by atoms with van der Waals surface area (Å²) in [5.74, 6) is 1.25. The van der Waals surface area contributed by atoms with E-state index in [1.54, 1.807) is 12.1 Å². The predicted octanol–water partition coefficient (Wildman–Crippen LogP) is 13.0. The second-order valence-electron chi connectivity index (χ2n) is 13.0. The van der Waals surface area contributed by atoms with E-state index in [1.807, 2.05) is 132 Å². The van der Waals surface area contributed by atoms with Gasteiger partial charge >= 0.3 is 0 Å². The number of benzene rings is 8. The minimum Gasteiger partial charge on any atom is -0.309 e. The van der Waals surface area contributed by atoms with E-state index in [4.69, 9.17) is 24.5 Å². The van der Waals surface area contributed by atoms with Gasteiger partial charge in [-0.2, -0.15) is 0 Å². The van der Waals surface area contributed by atoms with Crippen molar-refractivity contribution in [2.24, 2.45) is 0 Å². The largest absolute Gasteiger partial charge is 0.309 e.